The van der Waals surface area contributed by atoms with Gasteiger partial charge in [0, 0.05) is 6.20 Å². The third-order valence-electron chi connectivity index (χ3n) is 1.88. The van der Waals surface area contributed by atoms with Crippen molar-refractivity contribution < 1.29 is 9.53 Å². The van der Waals surface area contributed by atoms with E-state index in [-0.39, 0.29) is 0 Å². The van der Waals surface area contributed by atoms with Crippen molar-refractivity contribution >= 4 is 28.6 Å². The Morgan fingerprint density at radius 1 is 1.64 bits per heavy atom. The van der Waals surface area contributed by atoms with E-state index in [4.69, 9.17) is 11.6 Å². The lowest BCUT2D eigenvalue weighted by atomic mass is 10.4. The summed E-state index contributed by atoms with van der Waals surface area (Å²) in [6.07, 6.45) is 1.58. The van der Waals surface area contributed by atoms with E-state index < -0.39 is 5.97 Å². The van der Waals surface area contributed by atoms with Gasteiger partial charge in [-0.3, -0.25) is 4.98 Å². The second-order valence-corrected chi connectivity index (χ2v) is 3.13. The molecule has 0 aliphatic heterocycles. The number of aromatic nitrogens is 2. The van der Waals surface area contributed by atoms with Crippen molar-refractivity contribution in [3.05, 3.63) is 29.0 Å². The van der Waals surface area contributed by atoms with Crippen LogP contribution in [0.25, 0.3) is 11.0 Å². The maximum absolute atomic E-state index is 11.2. The molecule has 0 atom stereocenters. The number of aromatic amines is 1. The van der Waals surface area contributed by atoms with Crippen LogP contribution in [0, 0.1) is 0 Å². The number of nitrogens with zero attached hydrogens (tertiary/aromatic N) is 1. The molecule has 2 rings (SSSR count). The van der Waals surface area contributed by atoms with E-state index in [1.54, 1.807) is 18.3 Å². The molecule has 0 aromatic carbocycles. The Labute approximate surface area is 84.9 Å². The zero-order chi connectivity index (χ0) is 10.1. The Morgan fingerprint density at radius 2 is 2.43 bits per heavy atom. The number of hydrogen-bond donors (Lipinski definition) is 1. The number of hydrogen-bond acceptors (Lipinski definition) is 3. The van der Waals surface area contributed by atoms with E-state index >= 15 is 0 Å². The number of carbonyl (C=O) groups is 1. The first-order valence-corrected chi connectivity index (χ1v) is 4.31. The zero-order valence-electron chi connectivity index (χ0n) is 7.37. The van der Waals surface area contributed by atoms with Crippen molar-refractivity contribution in [1.29, 1.82) is 0 Å². The summed E-state index contributed by atoms with van der Waals surface area (Å²) in [5.41, 5.74) is 1.65. The second-order valence-electron chi connectivity index (χ2n) is 2.73. The monoisotopic (exact) mass is 210 g/mol. The molecule has 2 aromatic heterocycles. The molecule has 0 fully saturated rings. The molecule has 0 aliphatic carbocycles. The Kier molecular flexibility index (Phi) is 2.13. The molecule has 14 heavy (non-hydrogen) atoms. The summed E-state index contributed by atoms with van der Waals surface area (Å²) in [4.78, 5) is 18.1. The molecule has 4 nitrogen and oxygen atoms in total. The minimum absolute atomic E-state index is 0.350. The van der Waals surface area contributed by atoms with Gasteiger partial charge in [-0.15, -0.1) is 0 Å². The number of methoxy groups -OCH3 is 1. The lowest BCUT2D eigenvalue weighted by Gasteiger charge is -1.92. The van der Waals surface area contributed by atoms with Crippen LogP contribution in [0.15, 0.2) is 18.3 Å². The molecule has 0 saturated carbocycles. The first kappa shape index (κ1) is 9.02. The highest BCUT2D eigenvalue weighted by molar-refractivity contribution is 6.35. The largest absolute Gasteiger partial charge is 0.464 e. The van der Waals surface area contributed by atoms with Crippen molar-refractivity contribution in [2.45, 2.75) is 0 Å². The van der Waals surface area contributed by atoms with Gasteiger partial charge >= 0.3 is 5.97 Å². The maximum Gasteiger partial charge on any atom is 0.354 e. The molecule has 2 heterocycles. The van der Waals surface area contributed by atoms with Crippen molar-refractivity contribution in [2.75, 3.05) is 7.11 Å². The van der Waals surface area contributed by atoms with Crippen molar-refractivity contribution in [1.82, 2.24) is 9.97 Å². The second kappa shape index (κ2) is 3.31. The Balaban J connectivity index is 2.62. The van der Waals surface area contributed by atoms with E-state index in [9.17, 15) is 4.79 Å². The average Bonchev–Trinajstić information content (AvgIpc) is 2.62. The van der Waals surface area contributed by atoms with E-state index in [2.05, 4.69) is 14.7 Å². The lowest BCUT2D eigenvalue weighted by molar-refractivity contribution is 0.0595. The summed E-state index contributed by atoms with van der Waals surface area (Å²) in [5, 5.41) is 0.533. The Morgan fingerprint density at radius 3 is 3.07 bits per heavy atom. The summed E-state index contributed by atoms with van der Waals surface area (Å²) in [6.45, 7) is 0. The van der Waals surface area contributed by atoms with Gasteiger partial charge in [0.1, 0.15) is 5.69 Å². The number of fused-ring (bicyclic) bond motifs is 1. The van der Waals surface area contributed by atoms with Gasteiger partial charge in [0.25, 0.3) is 0 Å². The van der Waals surface area contributed by atoms with Crippen LogP contribution >= 0.6 is 11.6 Å². The number of esters is 1. The standard InChI is InChI=1S/C9H7ClN2O2/c1-14-9(13)7-4-6-8(12-7)5(10)2-3-11-6/h2-4,12H,1H3. The Bertz CT molecular complexity index is 493. The van der Waals surface area contributed by atoms with Gasteiger partial charge in [-0.05, 0) is 12.1 Å². The highest BCUT2D eigenvalue weighted by Crippen LogP contribution is 2.21. The van der Waals surface area contributed by atoms with Crippen LogP contribution in [0.5, 0.6) is 0 Å². The average molecular weight is 211 g/mol. The number of nitrogens with one attached hydrogen (secondary N) is 1. The van der Waals surface area contributed by atoms with E-state index in [1.807, 2.05) is 0 Å². The van der Waals surface area contributed by atoms with Gasteiger partial charge in [0.15, 0.2) is 0 Å². The van der Waals surface area contributed by atoms with Crippen LogP contribution < -0.4 is 0 Å². The van der Waals surface area contributed by atoms with Crippen LogP contribution in [0.2, 0.25) is 5.02 Å². The van der Waals surface area contributed by atoms with Gasteiger partial charge in [-0.2, -0.15) is 0 Å². The number of ether oxygens (including phenoxy) is 1. The molecule has 5 heteroatoms. The molecule has 0 bridgehead atoms. The molecular formula is C9H7ClN2O2. The fraction of sp³-hybridized carbons (Fsp3) is 0.111. The first-order valence-electron chi connectivity index (χ1n) is 3.94. The fourth-order valence-electron chi connectivity index (χ4n) is 1.21. The van der Waals surface area contributed by atoms with Gasteiger partial charge in [0.05, 0.1) is 23.2 Å². The number of pyridine rings is 1. The summed E-state index contributed by atoms with van der Waals surface area (Å²) in [6, 6.07) is 3.26. The van der Waals surface area contributed by atoms with Crippen LogP contribution in [0.3, 0.4) is 0 Å². The third kappa shape index (κ3) is 1.33. The smallest absolute Gasteiger partial charge is 0.354 e. The molecule has 0 saturated heterocycles. The predicted molar refractivity (Wildman–Crippen MR) is 52.4 cm³/mol. The molecule has 0 amide bonds. The van der Waals surface area contributed by atoms with Crippen molar-refractivity contribution in [2.24, 2.45) is 0 Å². The minimum atomic E-state index is -0.431. The number of H-pyrrole nitrogens is 1. The summed E-state index contributed by atoms with van der Waals surface area (Å²) < 4.78 is 4.56. The van der Waals surface area contributed by atoms with Gasteiger partial charge in [-0.1, -0.05) is 11.6 Å². The summed E-state index contributed by atoms with van der Waals surface area (Å²) in [7, 11) is 1.32. The number of carbonyl (C=O) groups excluding carboxylic acids is 1. The molecule has 0 unspecified atom stereocenters. The van der Waals surface area contributed by atoms with Crippen molar-refractivity contribution in [3.8, 4) is 0 Å². The van der Waals surface area contributed by atoms with Crippen LogP contribution in [-0.2, 0) is 4.74 Å². The quantitative estimate of drug-likeness (QED) is 0.733. The normalized spacial score (nSPS) is 10.4. The topological polar surface area (TPSA) is 55.0 Å². The molecule has 1 N–H and O–H groups in total. The van der Waals surface area contributed by atoms with Crippen LogP contribution in [0.4, 0.5) is 0 Å². The molecule has 0 radical (unpaired) electrons. The number of rotatable bonds is 1. The summed E-state index contributed by atoms with van der Waals surface area (Å²) >= 11 is 5.89. The maximum atomic E-state index is 11.2. The van der Waals surface area contributed by atoms with Crippen molar-refractivity contribution in [3.63, 3.8) is 0 Å². The van der Waals surface area contributed by atoms with Gasteiger partial charge < -0.3 is 9.72 Å². The zero-order valence-corrected chi connectivity index (χ0v) is 8.13. The SMILES string of the molecule is COC(=O)c1cc2nccc(Cl)c2[nH]1. The minimum Gasteiger partial charge on any atom is -0.464 e. The van der Waals surface area contributed by atoms with E-state index in [0.717, 1.165) is 0 Å². The highest BCUT2D eigenvalue weighted by Gasteiger charge is 2.11. The van der Waals surface area contributed by atoms with E-state index in [1.165, 1.54) is 7.11 Å². The molecule has 2 aromatic rings. The third-order valence-corrected chi connectivity index (χ3v) is 2.19. The highest BCUT2D eigenvalue weighted by atomic mass is 35.5. The fourth-order valence-corrected chi connectivity index (χ4v) is 1.41. The van der Waals surface area contributed by atoms with Gasteiger partial charge in [0.2, 0.25) is 0 Å². The number of halogens is 1. The predicted octanol–water partition coefficient (Wildman–Crippen LogP) is 2.00. The molecule has 72 valence electrons. The van der Waals surface area contributed by atoms with Gasteiger partial charge in [-0.25, -0.2) is 4.79 Å². The van der Waals surface area contributed by atoms with Crippen LogP contribution in [-0.4, -0.2) is 23.0 Å². The molecule has 0 spiro atoms. The lowest BCUT2D eigenvalue weighted by Crippen LogP contribution is -2.00. The Hall–Kier alpha value is -1.55. The molecule has 0 aliphatic rings. The van der Waals surface area contributed by atoms with Crippen LogP contribution in [0.1, 0.15) is 10.5 Å². The van der Waals surface area contributed by atoms with E-state index in [0.29, 0.717) is 21.7 Å². The first-order chi connectivity index (χ1) is 6.72. The summed E-state index contributed by atoms with van der Waals surface area (Å²) in [5.74, 6) is -0.431. The molecular weight excluding hydrogens is 204 g/mol.